The standard InChI is InChI=1S/C17H33N3S/c1-8-9-14(6)20(7)17-19-16(13(4)5)15(21-17)11-18-10-12(2)3/h12-14,18H,8-11H2,1-7H3. The van der Waals surface area contributed by atoms with Gasteiger partial charge in [0.15, 0.2) is 5.13 Å². The summed E-state index contributed by atoms with van der Waals surface area (Å²) in [5.74, 6) is 1.17. The molecule has 21 heavy (non-hydrogen) atoms. The maximum Gasteiger partial charge on any atom is 0.185 e. The van der Waals surface area contributed by atoms with Gasteiger partial charge in [-0.3, -0.25) is 0 Å². The summed E-state index contributed by atoms with van der Waals surface area (Å²) in [6.45, 7) is 15.5. The number of anilines is 1. The van der Waals surface area contributed by atoms with Gasteiger partial charge in [-0.25, -0.2) is 4.98 Å². The number of nitrogens with zero attached hydrogens (tertiary/aromatic N) is 2. The molecule has 0 spiro atoms. The van der Waals surface area contributed by atoms with Crippen LogP contribution in [-0.4, -0.2) is 24.6 Å². The fourth-order valence-electron chi connectivity index (χ4n) is 2.35. The summed E-state index contributed by atoms with van der Waals surface area (Å²) in [4.78, 5) is 8.65. The molecule has 1 N–H and O–H groups in total. The smallest absolute Gasteiger partial charge is 0.185 e. The van der Waals surface area contributed by atoms with Gasteiger partial charge in [0.1, 0.15) is 0 Å². The molecule has 0 aliphatic heterocycles. The third-order valence-electron chi connectivity index (χ3n) is 3.77. The van der Waals surface area contributed by atoms with Crippen molar-refractivity contribution >= 4 is 16.5 Å². The van der Waals surface area contributed by atoms with Crippen molar-refractivity contribution < 1.29 is 0 Å². The van der Waals surface area contributed by atoms with Crippen LogP contribution in [0.1, 0.15) is 70.9 Å². The Bertz CT molecular complexity index is 412. The monoisotopic (exact) mass is 311 g/mol. The first-order valence-corrected chi connectivity index (χ1v) is 9.11. The highest BCUT2D eigenvalue weighted by Gasteiger charge is 2.18. The molecule has 0 amide bonds. The second-order valence-electron chi connectivity index (χ2n) is 6.73. The molecule has 0 saturated heterocycles. The second-order valence-corrected chi connectivity index (χ2v) is 7.79. The highest BCUT2D eigenvalue weighted by molar-refractivity contribution is 7.15. The van der Waals surface area contributed by atoms with Gasteiger partial charge in [-0.1, -0.05) is 41.0 Å². The molecule has 0 aromatic carbocycles. The number of rotatable bonds is 9. The fraction of sp³-hybridized carbons (Fsp3) is 0.824. The minimum atomic E-state index is 0.487. The molecule has 0 fully saturated rings. The van der Waals surface area contributed by atoms with Gasteiger partial charge < -0.3 is 10.2 Å². The molecule has 1 unspecified atom stereocenters. The summed E-state index contributed by atoms with van der Waals surface area (Å²) < 4.78 is 0. The van der Waals surface area contributed by atoms with Crippen LogP contribution in [0, 0.1) is 5.92 Å². The van der Waals surface area contributed by atoms with Crippen LogP contribution in [-0.2, 0) is 6.54 Å². The molecule has 1 heterocycles. The Morgan fingerprint density at radius 2 is 1.86 bits per heavy atom. The van der Waals surface area contributed by atoms with Gasteiger partial charge in [0.2, 0.25) is 0 Å². The lowest BCUT2D eigenvalue weighted by molar-refractivity contribution is 0.552. The lowest BCUT2D eigenvalue weighted by atomic mass is 10.1. The highest BCUT2D eigenvalue weighted by atomic mass is 32.1. The van der Waals surface area contributed by atoms with Crippen LogP contribution in [0.4, 0.5) is 5.13 Å². The Balaban J connectivity index is 2.83. The zero-order valence-electron chi connectivity index (χ0n) is 14.9. The number of hydrogen-bond acceptors (Lipinski definition) is 4. The van der Waals surface area contributed by atoms with Crippen molar-refractivity contribution in [1.82, 2.24) is 10.3 Å². The van der Waals surface area contributed by atoms with E-state index in [1.54, 1.807) is 0 Å². The zero-order valence-corrected chi connectivity index (χ0v) is 15.7. The maximum atomic E-state index is 4.92. The van der Waals surface area contributed by atoms with E-state index in [2.05, 4.69) is 58.8 Å². The van der Waals surface area contributed by atoms with Gasteiger partial charge in [-0.2, -0.15) is 0 Å². The first kappa shape index (κ1) is 18.4. The van der Waals surface area contributed by atoms with E-state index in [1.165, 1.54) is 28.5 Å². The summed E-state index contributed by atoms with van der Waals surface area (Å²) in [6, 6.07) is 0.553. The van der Waals surface area contributed by atoms with Gasteiger partial charge in [-0.05, 0) is 31.7 Å². The topological polar surface area (TPSA) is 28.2 Å². The number of thiazole rings is 1. The van der Waals surface area contributed by atoms with Crippen LogP contribution in [0.2, 0.25) is 0 Å². The van der Waals surface area contributed by atoms with Crippen LogP contribution in [0.3, 0.4) is 0 Å². The molecule has 3 nitrogen and oxygen atoms in total. The van der Waals surface area contributed by atoms with E-state index in [0.717, 1.165) is 13.1 Å². The predicted octanol–water partition coefficient (Wildman–Crippen LogP) is 4.64. The predicted molar refractivity (Wildman–Crippen MR) is 95.5 cm³/mol. The Morgan fingerprint density at radius 3 is 2.38 bits per heavy atom. The highest BCUT2D eigenvalue weighted by Crippen LogP contribution is 2.31. The second kappa shape index (κ2) is 8.74. The van der Waals surface area contributed by atoms with Crippen LogP contribution >= 0.6 is 11.3 Å². The molecule has 1 aromatic heterocycles. The Labute approximate surface area is 135 Å². The maximum absolute atomic E-state index is 4.92. The first-order valence-electron chi connectivity index (χ1n) is 8.29. The third-order valence-corrected chi connectivity index (χ3v) is 4.93. The Hall–Kier alpha value is -0.610. The summed E-state index contributed by atoms with van der Waals surface area (Å²) in [5, 5.41) is 4.72. The van der Waals surface area contributed by atoms with Crippen LogP contribution in [0.25, 0.3) is 0 Å². The van der Waals surface area contributed by atoms with Gasteiger partial charge >= 0.3 is 0 Å². The van der Waals surface area contributed by atoms with Gasteiger partial charge in [0.05, 0.1) is 5.69 Å². The summed E-state index contributed by atoms with van der Waals surface area (Å²) in [6.07, 6.45) is 2.44. The number of nitrogens with one attached hydrogen (secondary N) is 1. The molecule has 0 aliphatic rings. The Kier molecular flexibility index (Phi) is 7.67. The van der Waals surface area contributed by atoms with Crippen molar-refractivity contribution in [2.24, 2.45) is 5.92 Å². The summed E-state index contributed by atoms with van der Waals surface area (Å²) >= 11 is 1.85. The van der Waals surface area contributed by atoms with Crippen LogP contribution in [0.15, 0.2) is 0 Å². The van der Waals surface area contributed by atoms with E-state index in [4.69, 9.17) is 4.98 Å². The molecule has 1 atom stereocenters. The van der Waals surface area contributed by atoms with Crippen molar-refractivity contribution in [1.29, 1.82) is 0 Å². The molecule has 0 saturated carbocycles. The van der Waals surface area contributed by atoms with Crippen molar-refractivity contribution in [3.8, 4) is 0 Å². The molecule has 122 valence electrons. The fourth-order valence-corrected chi connectivity index (χ4v) is 3.60. The minimum Gasteiger partial charge on any atom is -0.348 e. The summed E-state index contributed by atoms with van der Waals surface area (Å²) in [5.41, 5.74) is 1.27. The SMILES string of the molecule is CCCC(C)N(C)c1nc(C(C)C)c(CNCC(C)C)s1. The van der Waals surface area contributed by atoms with Crippen LogP contribution in [0.5, 0.6) is 0 Å². The molecule has 4 heteroatoms. The van der Waals surface area contributed by atoms with Crippen molar-refractivity contribution in [3.63, 3.8) is 0 Å². The van der Waals surface area contributed by atoms with E-state index in [1.807, 2.05) is 11.3 Å². The zero-order chi connectivity index (χ0) is 16.0. The lowest BCUT2D eigenvalue weighted by Gasteiger charge is -2.23. The minimum absolute atomic E-state index is 0.487. The normalized spacial score (nSPS) is 13.2. The lowest BCUT2D eigenvalue weighted by Crippen LogP contribution is -2.28. The molecule has 0 bridgehead atoms. The molecule has 1 rings (SSSR count). The number of aromatic nitrogens is 1. The summed E-state index contributed by atoms with van der Waals surface area (Å²) in [7, 11) is 2.18. The van der Waals surface area contributed by atoms with Crippen molar-refractivity contribution in [2.75, 3.05) is 18.5 Å². The van der Waals surface area contributed by atoms with Crippen molar-refractivity contribution in [3.05, 3.63) is 10.6 Å². The molecular weight excluding hydrogens is 278 g/mol. The average Bonchev–Trinajstić information content (AvgIpc) is 2.82. The van der Waals surface area contributed by atoms with Gasteiger partial charge in [0.25, 0.3) is 0 Å². The van der Waals surface area contributed by atoms with Crippen molar-refractivity contribution in [2.45, 2.75) is 72.9 Å². The number of hydrogen-bond donors (Lipinski definition) is 1. The molecule has 1 aromatic rings. The van der Waals surface area contributed by atoms with E-state index >= 15 is 0 Å². The van der Waals surface area contributed by atoms with E-state index in [9.17, 15) is 0 Å². The third kappa shape index (κ3) is 5.59. The molecule has 0 radical (unpaired) electrons. The quantitative estimate of drug-likeness (QED) is 0.720. The first-order chi connectivity index (χ1) is 9.86. The largest absolute Gasteiger partial charge is 0.348 e. The Morgan fingerprint density at radius 1 is 1.19 bits per heavy atom. The van der Waals surface area contributed by atoms with Crippen LogP contribution < -0.4 is 10.2 Å². The van der Waals surface area contributed by atoms with Gasteiger partial charge in [0, 0.05) is 24.5 Å². The average molecular weight is 312 g/mol. The van der Waals surface area contributed by atoms with Gasteiger partial charge in [-0.15, -0.1) is 11.3 Å². The molecular formula is C17H33N3S. The van der Waals surface area contributed by atoms with E-state index in [-0.39, 0.29) is 0 Å². The van der Waals surface area contributed by atoms with E-state index in [0.29, 0.717) is 17.9 Å². The van der Waals surface area contributed by atoms with E-state index < -0.39 is 0 Å². The molecule has 0 aliphatic carbocycles.